The largest absolute Gasteiger partial charge is 0.480 e. The monoisotopic (exact) mass is 380 g/mol. The Morgan fingerprint density at radius 2 is 1.91 bits per heavy atom. The smallest absolute Gasteiger partial charge is 0.324 e. The van der Waals surface area contributed by atoms with Crippen molar-refractivity contribution in [1.82, 2.24) is 10.2 Å². The minimum atomic E-state index is -1.46. The minimum absolute atomic E-state index is 0.257. The molecule has 4 atom stereocenters. The molecule has 122 valence electrons. The highest BCUT2D eigenvalue weighted by Crippen LogP contribution is 2.48. The maximum absolute atomic E-state index is 12.7. The highest BCUT2D eigenvalue weighted by molar-refractivity contribution is 9.10. The van der Waals surface area contributed by atoms with Crippen molar-refractivity contribution in [2.24, 2.45) is 11.8 Å². The number of carbonyl (C=O) groups excluding carboxylic acids is 2. The van der Waals surface area contributed by atoms with E-state index in [1.807, 2.05) is 24.3 Å². The number of imide groups is 1. The molecular formula is C16H17BrN2O4. The summed E-state index contributed by atoms with van der Waals surface area (Å²) in [6.07, 6.45) is 0. The van der Waals surface area contributed by atoms with Crippen LogP contribution in [-0.2, 0) is 14.4 Å². The molecule has 2 saturated heterocycles. The fraction of sp³-hybridized carbons (Fsp3) is 0.438. The molecule has 0 bridgehead atoms. The van der Waals surface area contributed by atoms with Gasteiger partial charge in [-0.3, -0.25) is 24.6 Å². The predicted octanol–water partition coefficient (Wildman–Crippen LogP) is 1.56. The molecule has 2 N–H and O–H groups in total. The topological polar surface area (TPSA) is 86.7 Å². The quantitative estimate of drug-likeness (QED) is 0.777. The van der Waals surface area contributed by atoms with Crippen LogP contribution in [0.25, 0.3) is 0 Å². The molecule has 0 aliphatic carbocycles. The number of hydrogen-bond acceptors (Lipinski definition) is 4. The fourth-order valence-electron chi connectivity index (χ4n) is 3.66. The van der Waals surface area contributed by atoms with Gasteiger partial charge in [-0.1, -0.05) is 28.1 Å². The summed E-state index contributed by atoms with van der Waals surface area (Å²) in [4.78, 5) is 38.2. The zero-order valence-corrected chi connectivity index (χ0v) is 14.3. The third-order valence-corrected chi connectivity index (χ3v) is 5.40. The third-order valence-electron chi connectivity index (χ3n) is 4.87. The number of carboxylic acids is 1. The number of likely N-dealkylation sites (tertiary alicyclic amines) is 1. The van der Waals surface area contributed by atoms with Gasteiger partial charge in [0, 0.05) is 17.1 Å². The molecule has 3 rings (SSSR count). The van der Waals surface area contributed by atoms with Crippen LogP contribution in [0.15, 0.2) is 28.7 Å². The van der Waals surface area contributed by atoms with Crippen molar-refractivity contribution >= 4 is 33.7 Å². The van der Waals surface area contributed by atoms with Crippen LogP contribution in [0.3, 0.4) is 0 Å². The number of amides is 2. The molecule has 2 amide bonds. The summed E-state index contributed by atoms with van der Waals surface area (Å²) in [5.74, 6) is -3.40. The second-order valence-corrected chi connectivity index (χ2v) is 7.02. The predicted molar refractivity (Wildman–Crippen MR) is 85.4 cm³/mol. The molecule has 6 nitrogen and oxygen atoms in total. The molecule has 23 heavy (non-hydrogen) atoms. The van der Waals surface area contributed by atoms with Crippen LogP contribution in [-0.4, -0.2) is 39.9 Å². The number of hydrogen-bond donors (Lipinski definition) is 2. The van der Waals surface area contributed by atoms with Gasteiger partial charge in [0.2, 0.25) is 11.8 Å². The van der Waals surface area contributed by atoms with E-state index in [9.17, 15) is 19.5 Å². The lowest BCUT2D eigenvalue weighted by molar-refractivity contribution is -0.150. The summed E-state index contributed by atoms with van der Waals surface area (Å²) < 4.78 is 0.890. The summed E-state index contributed by atoms with van der Waals surface area (Å²) in [6, 6.07) is 6.84. The number of fused-ring (bicyclic) bond motifs is 1. The zero-order chi connectivity index (χ0) is 16.9. The summed E-state index contributed by atoms with van der Waals surface area (Å²) in [6.45, 7) is 3.46. The Balaban J connectivity index is 2.09. The number of aliphatic carboxylic acids is 1. The van der Waals surface area contributed by atoms with Crippen molar-refractivity contribution < 1.29 is 19.5 Å². The van der Waals surface area contributed by atoms with Crippen molar-refractivity contribution in [3.63, 3.8) is 0 Å². The van der Waals surface area contributed by atoms with Crippen LogP contribution >= 0.6 is 15.9 Å². The molecule has 1 aromatic rings. The average molecular weight is 381 g/mol. The minimum Gasteiger partial charge on any atom is -0.480 e. The van der Waals surface area contributed by atoms with Crippen molar-refractivity contribution in [1.29, 1.82) is 0 Å². The second-order valence-electron chi connectivity index (χ2n) is 6.11. The number of carbonyl (C=O) groups is 3. The zero-order valence-electron chi connectivity index (χ0n) is 12.7. The van der Waals surface area contributed by atoms with Gasteiger partial charge in [0.05, 0.1) is 11.8 Å². The number of benzene rings is 1. The Kier molecular flexibility index (Phi) is 3.80. The van der Waals surface area contributed by atoms with Crippen LogP contribution in [0.5, 0.6) is 0 Å². The highest BCUT2D eigenvalue weighted by atomic mass is 79.9. The number of nitrogens with one attached hydrogen (secondary N) is 1. The summed E-state index contributed by atoms with van der Waals surface area (Å²) in [5, 5.41) is 12.7. The van der Waals surface area contributed by atoms with E-state index in [0.717, 1.165) is 10.0 Å². The molecule has 2 heterocycles. The van der Waals surface area contributed by atoms with Gasteiger partial charge in [-0.25, -0.2) is 0 Å². The first-order valence-corrected chi connectivity index (χ1v) is 8.22. The molecule has 7 heteroatoms. The van der Waals surface area contributed by atoms with Gasteiger partial charge in [-0.15, -0.1) is 0 Å². The summed E-state index contributed by atoms with van der Waals surface area (Å²) >= 11 is 3.35. The number of rotatable bonds is 3. The van der Waals surface area contributed by atoms with Crippen LogP contribution in [0.2, 0.25) is 0 Å². The molecule has 2 fully saturated rings. The lowest BCUT2D eigenvalue weighted by Crippen LogP contribution is -2.53. The molecule has 0 radical (unpaired) electrons. The Morgan fingerprint density at radius 3 is 2.43 bits per heavy atom. The van der Waals surface area contributed by atoms with E-state index in [4.69, 9.17) is 0 Å². The number of nitrogens with zero attached hydrogens (tertiary/aromatic N) is 1. The Labute approximate surface area is 142 Å². The third kappa shape index (κ3) is 2.21. The molecule has 1 aromatic carbocycles. The Bertz CT molecular complexity index is 690. The van der Waals surface area contributed by atoms with Gasteiger partial charge in [0.25, 0.3) is 0 Å². The van der Waals surface area contributed by atoms with Gasteiger partial charge in [0.15, 0.2) is 0 Å². The van der Waals surface area contributed by atoms with E-state index in [2.05, 4.69) is 21.2 Å². The SMILES string of the molecule is CCN1C(=O)C2C(c3ccc(Br)cc3)NC(C)(C(=O)O)C2C1=O. The van der Waals surface area contributed by atoms with E-state index in [0.29, 0.717) is 0 Å². The van der Waals surface area contributed by atoms with E-state index >= 15 is 0 Å². The molecule has 2 aliphatic heterocycles. The van der Waals surface area contributed by atoms with Crippen molar-refractivity contribution in [3.05, 3.63) is 34.3 Å². The first-order chi connectivity index (χ1) is 10.8. The van der Waals surface area contributed by atoms with Gasteiger partial charge in [-0.05, 0) is 31.5 Å². The van der Waals surface area contributed by atoms with Crippen LogP contribution < -0.4 is 5.32 Å². The Hall–Kier alpha value is -1.73. The van der Waals surface area contributed by atoms with Gasteiger partial charge >= 0.3 is 5.97 Å². The average Bonchev–Trinajstić information content (AvgIpc) is 2.96. The van der Waals surface area contributed by atoms with E-state index < -0.39 is 35.3 Å². The fourth-order valence-corrected chi connectivity index (χ4v) is 3.93. The number of halogens is 1. The Morgan fingerprint density at radius 1 is 1.30 bits per heavy atom. The molecule has 0 aromatic heterocycles. The van der Waals surface area contributed by atoms with Crippen molar-refractivity contribution in [3.8, 4) is 0 Å². The molecule has 0 saturated carbocycles. The van der Waals surface area contributed by atoms with Crippen molar-refractivity contribution in [2.75, 3.05) is 6.54 Å². The van der Waals surface area contributed by atoms with Gasteiger partial charge < -0.3 is 5.11 Å². The van der Waals surface area contributed by atoms with Crippen LogP contribution in [0, 0.1) is 11.8 Å². The standard InChI is InChI=1S/C16H17BrN2O4/c1-3-19-13(20)10-11(14(19)21)16(2,15(22)23)18-12(10)8-4-6-9(17)7-5-8/h4-7,10-12,18H,3H2,1-2H3,(H,22,23). The summed E-state index contributed by atoms with van der Waals surface area (Å²) in [5.41, 5.74) is -0.661. The maximum atomic E-state index is 12.7. The molecular weight excluding hydrogens is 364 g/mol. The first-order valence-electron chi connectivity index (χ1n) is 7.43. The van der Waals surface area contributed by atoms with Crippen LogP contribution in [0.1, 0.15) is 25.5 Å². The maximum Gasteiger partial charge on any atom is 0.324 e. The van der Waals surface area contributed by atoms with E-state index in [1.54, 1.807) is 6.92 Å². The molecule has 0 spiro atoms. The lowest BCUT2D eigenvalue weighted by Gasteiger charge is -2.27. The van der Waals surface area contributed by atoms with E-state index in [1.165, 1.54) is 11.8 Å². The van der Waals surface area contributed by atoms with E-state index in [-0.39, 0.29) is 12.5 Å². The second kappa shape index (κ2) is 5.42. The van der Waals surface area contributed by atoms with Gasteiger partial charge in [-0.2, -0.15) is 0 Å². The van der Waals surface area contributed by atoms with Crippen LogP contribution in [0.4, 0.5) is 0 Å². The van der Waals surface area contributed by atoms with Crippen molar-refractivity contribution in [2.45, 2.75) is 25.4 Å². The highest BCUT2D eigenvalue weighted by Gasteiger charge is 2.66. The normalized spacial score (nSPS) is 33.2. The summed E-state index contributed by atoms with van der Waals surface area (Å²) in [7, 11) is 0. The lowest BCUT2D eigenvalue weighted by atomic mass is 9.80. The first kappa shape index (κ1) is 16.1. The number of carboxylic acid groups (broad SMARTS) is 1. The molecule has 2 aliphatic rings. The van der Waals surface area contributed by atoms with Gasteiger partial charge in [0.1, 0.15) is 5.54 Å². The molecule has 4 unspecified atom stereocenters.